The highest BCUT2D eigenvalue weighted by atomic mass is 79.9. The van der Waals surface area contributed by atoms with Gasteiger partial charge in [0.25, 0.3) is 0 Å². The van der Waals surface area contributed by atoms with Crippen LogP contribution in [-0.2, 0) is 0 Å². The van der Waals surface area contributed by atoms with E-state index in [2.05, 4.69) is 109 Å². The second-order valence-electron chi connectivity index (χ2n) is 8.09. The summed E-state index contributed by atoms with van der Waals surface area (Å²) >= 11 is 3.64. The van der Waals surface area contributed by atoms with Crippen LogP contribution in [0.25, 0.3) is 54.6 Å². The largest absolute Gasteiger partial charge is 0.455 e. The molecule has 0 aliphatic heterocycles. The maximum Gasteiger partial charge on any atom is 0.143 e. The fourth-order valence-corrected chi connectivity index (χ4v) is 4.96. The quantitative estimate of drug-likeness (QED) is 0.243. The summed E-state index contributed by atoms with van der Waals surface area (Å²) in [5.41, 5.74) is 6.93. The van der Waals surface area contributed by atoms with Gasteiger partial charge in [0.15, 0.2) is 0 Å². The Bertz CT molecular complexity index is 1620. The van der Waals surface area contributed by atoms with Crippen molar-refractivity contribution >= 4 is 59.4 Å². The first-order valence-electron chi connectivity index (χ1n) is 10.1. The number of hydrogen-bond acceptors (Lipinski definition) is 1. The summed E-state index contributed by atoms with van der Waals surface area (Å²) < 4.78 is 7.53. The van der Waals surface area contributed by atoms with E-state index in [0.29, 0.717) is 0 Å². The van der Waals surface area contributed by atoms with Crippen LogP contribution in [0.15, 0.2) is 87.8 Å². The third-order valence-corrected chi connectivity index (χ3v) is 6.99. The lowest BCUT2D eigenvalue weighted by Crippen LogP contribution is -1.87. The number of hydrogen-bond donors (Lipinski definition) is 0. The van der Waals surface area contributed by atoms with Gasteiger partial charge in [-0.1, -0.05) is 58.4 Å². The molecular formula is C28H19BrO. The van der Waals surface area contributed by atoms with Crippen molar-refractivity contribution in [3.8, 4) is 11.1 Å². The molecule has 0 N–H and O–H groups in total. The standard InChI is InChI=1S/C28H19BrO/c1-16-12-26(29)17(2)11-24(16)21-7-9-22-20(13-21)8-10-23-25-14-18-5-3-4-6-19(18)15-27(25)30-28(22)23/h3-15H,1-2H3. The van der Waals surface area contributed by atoms with Crippen LogP contribution in [0, 0.1) is 13.8 Å². The van der Waals surface area contributed by atoms with Gasteiger partial charge in [0.2, 0.25) is 0 Å². The Kier molecular flexibility index (Phi) is 3.81. The summed E-state index contributed by atoms with van der Waals surface area (Å²) in [4.78, 5) is 0. The van der Waals surface area contributed by atoms with Crippen LogP contribution >= 0.6 is 15.9 Å². The van der Waals surface area contributed by atoms with Gasteiger partial charge >= 0.3 is 0 Å². The van der Waals surface area contributed by atoms with Gasteiger partial charge in [-0.2, -0.15) is 0 Å². The normalized spacial score (nSPS) is 11.8. The molecule has 0 amide bonds. The molecule has 0 saturated heterocycles. The molecule has 6 aromatic rings. The SMILES string of the molecule is Cc1cc(-c2ccc3c(ccc4c5cc6ccccc6cc5oc34)c2)c(C)cc1Br. The first-order valence-corrected chi connectivity index (χ1v) is 10.9. The number of fused-ring (bicyclic) bond motifs is 6. The van der Waals surface area contributed by atoms with Crippen molar-refractivity contribution in [2.24, 2.45) is 0 Å². The maximum absolute atomic E-state index is 6.37. The van der Waals surface area contributed by atoms with Crippen molar-refractivity contribution in [1.82, 2.24) is 0 Å². The van der Waals surface area contributed by atoms with Crippen LogP contribution in [0.2, 0.25) is 0 Å². The Balaban J connectivity index is 1.60. The molecule has 0 bridgehead atoms. The molecule has 0 radical (unpaired) electrons. The van der Waals surface area contributed by atoms with Crippen LogP contribution in [0.1, 0.15) is 11.1 Å². The molecule has 0 unspecified atom stereocenters. The number of aryl methyl sites for hydroxylation is 2. The zero-order valence-electron chi connectivity index (χ0n) is 16.8. The average molecular weight is 451 g/mol. The highest BCUT2D eigenvalue weighted by molar-refractivity contribution is 9.10. The number of halogens is 1. The van der Waals surface area contributed by atoms with Crippen molar-refractivity contribution < 1.29 is 4.42 Å². The van der Waals surface area contributed by atoms with E-state index < -0.39 is 0 Å². The zero-order chi connectivity index (χ0) is 20.4. The predicted molar refractivity (Wildman–Crippen MR) is 131 cm³/mol. The van der Waals surface area contributed by atoms with E-state index in [-0.39, 0.29) is 0 Å². The van der Waals surface area contributed by atoms with Gasteiger partial charge in [-0.25, -0.2) is 0 Å². The monoisotopic (exact) mass is 450 g/mol. The molecule has 0 fully saturated rings. The van der Waals surface area contributed by atoms with Crippen molar-refractivity contribution in [2.45, 2.75) is 13.8 Å². The summed E-state index contributed by atoms with van der Waals surface area (Å²) in [5, 5.41) is 7.15. The molecule has 0 saturated carbocycles. The van der Waals surface area contributed by atoms with Gasteiger partial charge in [-0.15, -0.1) is 0 Å². The summed E-state index contributed by atoms with van der Waals surface area (Å²) in [5.74, 6) is 0. The second kappa shape index (κ2) is 6.45. The van der Waals surface area contributed by atoms with Gasteiger partial charge in [-0.3, -0.25) is 0 Å². The van der Waals surface area contributed by atoms with Crippen LogP contribution < -0.4 is 0 Å². The zero-order valence-corrected chi connectivity index (χ0v) is 18.4. The molecule has 6 rings (SSSR count). The van der Waals surface area contributed by atoms with Gasteiger partial charge in [0.1, 0.15) is 11.2 Å². The molecule has 0 aliphatic carbocycles. The summed E-state index contributed by atoms with van der Waals surface area (Å²) in [6.45, 7) is 4.30. The van der Waals surface area contributed by atoms with Crippen molar-refractivity contribution in [3.63, 3.8) is 0 Å². The summed E-state index contributed by atoms with van der Waals surface area (Å²) in [7, 11) is 0. The van der Waals surface area contributed by atoms with Gasteiger partial charge in [0.05, 0.1) is 0 Å². The van der Waals surface area contributed by atoms with Crippen molar-refractivity contribution in [2.75, 3.05) is 0 Å². The summed E-state index contributed by atoms with van der Waals surface area (Å²) in [6.07, 6.45) is 0. The minimum absolute atomic E-state index is 0.944. The van der Waals surface area contributed by atoms with E-state index >= 15 is 0 Å². The fraction of sp³-hybridized carbons (Fsp3) is 0.0714. The van der Waals surface area contributed by atoms with Crippen LogP contribution in [-0.4, -0.2) is 0 Å². The lowest BCUT2D eigenvalue weighted by Gasteiger charge is -2.10. The van der Waals surface area contributed by atoms with Crippen LogP contribution in [0.5, 0.6) is 0 Å². The highest BCUT2D eigenvalue weighted by Crippen LogP contribution is 2.38. The molecule has 144 valence electrons. The molecule has 1 aromatic heterocycles. The molecule has 1 heterocycles. The number of furan rings is 1. The Morgan fingerprint density at radius 1 is 0.633 bits per heavy atom. The molecule has 0 spiro atoms. The maximum atomic E-state index is 6.37. The minimum atomic E-state index is 0.944. The Morgan fingerprint density at radius 3 is 2.23 bits per heavy atom. The molecule has 0 aliphatic rings. The lowest BCUT2D eigenvalue weighted by molar-refractivity contribution is 0.673. The molecule has 5 aromatic carbocycles. The molecule has 30 heavy (non-hydrogen) atoms. The smallest absolute Gasteiger partial charge is 0.143 e. The van der Waals surface area contributed by atoms with Crippen molar-refractivity contribution in [3.05, 3.63) is 94.5 Å². The molecule has 2 heteroatoms. The first kappa shape index (κ1) is 17.7. The second-order valence-corrected chi connectivity index (χ2v) is 8.95. The number of benzene rings is 5. The van der Waals surface area contributed by atoms with E-state index in [1.165, 1.54) is 49.2 Å². The van der Waals surface area contributed by atoms with E-state index in [1.807, 2.05) is 0 Å². The number of rotatable bonds is 1. The topological polar surface area (TPSA) is 13.1 Å². The first-order chi connectivity index (χ1) is 14.6. The van der Waals surface area contributed by atoms with Gasteiger partial charge < -0.3 is 4.42 Å². The Hall–Kier alpha value is -3.10. The van der Waals surface area contributed by atoms with E-state index in [9.17, 15) is 0 Å². The van der Waals surface area contributed by atoms with E-state index in [4.69, 9.17) is 4.42 Å². The van der Waals surface area contributed by atoms with Crippen molar-refractivity contribution in [1.29, 1.82) is 0 Å². The predicted octanol–water partition coefficient (Wildman–Crippen LogP) is 8.94. The third kappa shape index (κ3) is 2.60. The highest BCUT2D eigenvalue weighted by Gasteiger charge is 2.13. The Labute approximate surface area is 183 Å². The van der Waals surface area contributed by atoms with E-state index in [0.717, 1.165) is 21.0 Å². The van der Waals surface area contributed by atoms with Gasteiger partial charge in [0, 0.05) is 20.6 Å². The van der Waals surface area contributed by atoms with Crippen LogP contribution in [0.4, 0.5) is 0 Å². The van der Waals surface area contributed by atoms with Crippen LogP contribution in [0.3, 0.4) is 0 Å². The third-order valence-electron chi connectivity index (χ3n) is 6.14. The van der Waals surface area contributed by atoms with E-state index in [1.54, 1.807) is 0 Å². The molecule has 1 nitrogen and oxygen atoms in total. The summed E-state index contributed by atoms with van der Waals surface area (Å²) in [6, 6.07) is 28.4. The molecule has 0 atom stereocenters. The fourth-order valence-electron chi connectivity index (χ4n) is 4.51. The van der Waals surface area contributed by atoms with Gasteiger partial charge in [-0.05, 0) is 88.7 Å². The average Bonchev–Trinajstić information content (AvgIpc) is 3.12. The minimum Gasteiger partial charge on any atom is -0.455 e. The Morgan fingerprint density at radius 2 is 1.40 bits per heavy atom. The molecular weight excluding hydrogens is 432 g/mol. The lowest BCUT2D eigenvalue weighted by atomic mass is 9.95.